The maximum Gasteiger partial charge on any atom is 0.419 e. The smallest absolute Gasteiger partial charge is 0.419 e. The van der Waals surface area contributed by atoms with Gasteiger partial charge in [-0.1, -0.05) is 11.6 Å². The normalized spacial score (nSPS) is 12.2. The first kappa shape index (κ1) is 22.3. The monoisotopic (exact) mass is 455 g/mol. The average Bonchev–Trinajstić information content (AvgIpc) is 2.71. The van der Waals surface area contributed by atoms with Crippen LogP contribution >= 0.6 is 11.6 Å². The summed E-state index contributed by atoms with van der Waals surface area (Å²) in [5, 5.41) is 2.23. The molecule has 0 aliphatic heterocycles. The topological polar surface area (TPSA) is 73.3 Å². The number of ether oxygens (including phenoxy) is 2. The van der Waals surface area contributed by atoms with Crippen molar-refractivity contribution in [3.05, 3.63) is 71.3 Å². The largest absolute Gasteiger partial charge is 0.481 e. The number of nitrogens with one attached hydrogen (secondary N) is 1. The van der Waals surface area contributed by atoms with Gasteiger partial charge in [0.2, 0.25) is 0 Å². The molecule has 1 aromatic carbocycles. The van der Waals surface area contributed by atoms with Crippen molar-refractivity contribution in [3.63, 3.8) is 0 Å². The van der Waals surface area contributed by atoms with Gasteiger partial charge < -0.3 is 14.8 Å². The molecule has 2 aromatic heterocycles. The van der Waals surface area contributed by atoms with Gasteiger partial charge in [0, 0.05) is 12.4 Å². The average molecular weight is 456 g/mol. The van der Waals surface area contributed by atoms with E-state index >= 15 is 0 Å². The van der Waals surface area contributed by atoms with Gasteiger partial charge in [-0.05, 0) is 49.4 Å². The molecule has 3 rings (SSSR count). The van der Waals surface area contributed by atoms with Gasteiger partial charge in [0.25, 0.3) is 11.8 Å². The third-order valence-electron chi connectivity index (χ3n) is 3.85. The van der Waals surface area contributed by atoms with Gasteiger partial charge in [-0.2, -0.15) is 13.2 Å². The van der Waals surface area contributed by atoms with E-state index in [1.54, 1.807) is 0 Å². The van der Waals surface area contributed by atoms with E-state index in [9.17, 15) is 22.4 Å². The second-order valence-corrected chi connectivity index (χ2v) is 6.60. The molecule has 0 spiro atoms. The van der Waals surface area contributed by atoms with Crippen molar-refractivity contribution < 1.29 is 31.8 Å². The number of benzene rings is 1. The SMILES string of the molecule is C[C@@H](Oc1ccc(Oc2ncc(Cl)cc2F)cc1)C(=O)Nc1ncccc1C(F)(F)F. The van der Waals surface area contributed by atoms with E-state index in [2.05, 4.69) is 15.3 Å². The lowest BCUT2D eigenvalue weighted by Gasteiger charge is -2.17. The Balaban J connectivity index is 1.63. The molecule has 3 aromatic rings. The van der Waals surface area contributed by atoms with Gasteiger partial charge >= 0.3 is 6.18 Å². The highest BCUT2D eigenvalue weighted by Crippen LogP contribution is 2.33. The van der Waals surface area contributed by atoms with Crippen molar-refractivity contribution in [2.75, 3.05) is 5.32 Å². The summed E-state index contributed by atoms with van der Waals surface area (Å²) in [5.41, 5.74) is -1.07. The molecule has 6 nitrogen and oxygen atoms in total. The number of nitrogens with zero attached hydrogens (tertiary/aromatic N) is 2. The van der Waals surface area contributed by atoms with E-state index < -0.39 is 35.4 Å². The number of aromatic nitrogens is 2. The lowest BCUT2D eigenvalue weighted by molar-refractivity contribution is -0.137. The molecule has 0 bridgehead atoms. The van der Waals surface area contributed by atoms with Crippen LogP contribution in [0.25, 0.3) is 0 Å². The fourth-order valence-corrected chi connectivity index (χ4v) is 2.53. The summed E-state index contributed by atoms with van der Waals surface area (Å²) in [7, 11) is 0. The Morgan fingerprint density at radius 3 is 2.45 bits per heavy atom. The quantitative estimate of drug-likeness (QED) is 0.498. The third kappa shape index (κ3) is 5.82. The molecule has 0 fully saturated rings. The minimum absolute atomic E-state index is 0.119. The van der Waals surface area contributed by atoms with E-state index in [1.807, 2.05) is 0 Å². The van der Waals surface area contributed by atoms with Crippen LogP contribution in [0.3, 0.4) is 0 Å². The maximum atomic E-state index is 13.7. The minimum Gasteiger partial charge on any atom is -0.481 e. The Labute approximate surface area is 178 Å². The first-order chi connectivity index (χ1) is 14.6. The van der Waals surface area contributed by atoms with Crippen LogP contribution in [0.4, 0.5) is 23.4 Å². The lowest BCUT2D eigenvalue weighted by atomic mass is 10.2. The fourth-order valence-electron chi connectivity index (χ4n) is 2.38. The van der Waals surface area contributed by atoms with Crippen LogP contribution in [-0.4, -0.2) is 22.0 Å². The Kier molecular flexibility index (Phi) is 6.59. The van der Waals surface area contributed by atoms with Gasteiger partial charge in [0.1, 0.15) is 17.3 Å². The van der Waals surface area contributed by atoms with Gasteiger partial charge in [-0.25, -0.2) is 14.4 Å². The second-order valence-electron chi connectivity index (χ2n) is 6.16. The van der Waals surface area contributed by atoms with Crippen molar-refractivity contribution >= 4 is 23.3 Å². The van der Waals surface area contributed by atoms with E-state index in [4.69, 9.17) is 21.1 Å². The van der Waals surface area contributed by atoms with Crippen LogP contribution in [0.2, 0.25) is 5.02 Å². The summed E-state index contributed by atoms with van der Waals surface area (Å²) in [6, 6.07) is 8.74. The van der Waals surface area contributed by atoms with Crippen LogP contribution in [0, 0.1) is 5.82 Å². The van der Waals surface area contributed by atoms with Gasteiger partial charge in [0.15, 0.2) is 11.9 Å². The summed E-state index contributed by atoms with van der Waals surface area (Å²) in [6.45, 7) is 1.36. The number of rotatable bonds is 6. The molecular weight excluding hydrogens is 442 g/mol. The number of amides is 1. The van der Waals surface area contributed by atoms with Gasteiger partial charge in [0.05, 0.1) is 10.6 Å². The first-order valence-corrected chi connectivity index (χ1v) is 9.10. The molecule has 1 N–H and O–H groups in total. The van der Waals surface area contributed by atoms with Crippen molar-refractivity contribution in [1.82, 2.24) is 9.97 Å². The molecule has 0 aliphatic carbocycles. The van der Waals surface area contributed by atoms with E-state index in [0.717, 1.165) is 24.4 Å². The minimum atomic E-state index is -4.67. The predicted molar refractivity (Wildman–Crippen MR) is 104 cm³/mol. The summed E-state index contributed by atoms with van der Waals surface area (Å²) < 4.78 is 63.5. The number of hydrogen-bond acceptors (Lipinski definition) is 5. The number of anilines is 1. The van der Waals surface area contributed by atoms with Crippen molar-refractivity contribution in [2.24, 2.45) is 0 Å². The summed E-state index contributed by atoms with van der Waals surface area (Å²) in [4.78, 5) is 19.5. The molecule has 0 saturated carbocycles. The lowest BCUT2D eigenvalue weighted by Crippen LogP contribution is -2.31. The second kappa shape index (κ2) is 9.17. The van der Waals surface area contributed by atoms with Crippen molar-refractivity contribution in [1.29, 1.82) is 0 Å². The molecule has 1 amide bonds. The van der Waals surface area contributed by atoms with E-state index in [-0.39, 0.29) is 22.4 Å². The Morgan fingerprint density at radius 1 is 1.13 bits per heavy atom. The molecule has 31 heavy (non-hydrogen) atoms. The number of pyridine rings is 2. The maximum absolute atomic E-state index is 13.7. The Morgan fingerprint density at radius 2 is 1.81 bits per heavy atom. The highest BCUT2D eigenvalue weighted by Gasteiger charge is 2.35. The van der Waals surface area contributed by atoms with E-state index in [0.29, 0.717) is 0 Å². The van der Waals surface area contributed by atoms with Crippen molar-refractivity contribution in [2.45, 2.75) is 19.2 Å². The molecule has 0 radical (unpaired) electrons. The number of carbonyl (C=O) groups excluding carboxylic acids is 1. The number of carbonyl (C=O) groups is 1. The van der Waals surface area contributed by atoms with Crippen LogP contribution in [-0.2, 0) is 11.0 Å². The summed E-state index contributed by atoms with van der Waals surface area (Å²) >= 11 is 5.63. The molecule has 0 unspecified atom stereocenters. The molecule has 0 saturated heterocycles. The summed E-state index contributed by atoms with van der Waals surface area (Å²) in [6.07, 6.45) is -3.45. The highest BCUT2D eigenvalue weighted by atomic mass is 35.5. The molecule has 162 valence electrons. The number of halogens is 5. The highest BCUT2D eigenvalue weighted by molar-refractivity contribution is 6.30. The number of hydrogen-bond donors (Lipinski definition) is 1. The van der Waals surface area contributed by atoms with Gasteiger partial charge in [-0.3, -0.25) is 4.79 Å². The first-order valence-electron chi connectivity index (χ1n) is 8.72. The van der Waals surface area contributed by atoms with Gasteiger partial charge in [-0.15, -0.1) is 0 Å². The fraction of sp³-hybridized carbons (Fsp3) is 0.150. The molecule has 11 heteroatoms. The van der Waals surface area contributed by atoms with Crippen LogP contribution in [0.15, 0.2) is 54.9 Å². The Hall–Kier alpha value is -3.40. The zero-order valence-corrected chi connectivity index (χ0v) is 16.5. The van der Waals surface area contributed by atoms with Crippen LogP contribution < -0.4 is 14.8 Å². The van der Waals surface area contributed by atoms with Crippen LogP contribution in [0.1, 0.15) is 12.5 Å². The zero-order chi connectivity index (χ0) is 22.6. The standard InChI is InChI=1S/C20H14ClF4N3O3/c1-11(18(29)28-17-15(20(23,24)25)3-2-8-26-17)30-13-4-6-14(7-5-13)31-19-16(22)9-12(21)10-27-19/h2-11H,1H3,(H,26,28,29)/t11-/m1/s1. The molecule has 1 atom stereocenters. The third-order valence-corrected chi connectivity index (χ3v) is 4.06. The Bertz CT molecular complexity index is 1080. The predicted octanol–water partition coefficient (Wildman–Crippen LogP) is 5.49. The molecular formula is C20H14ClF4N3O3. The van der Waals surface area contributed by atoms with E-state index in [1.165, 1.54) is 37.4 Å². The molecule has 0 aliphatic rings. The van der Waals surface area contributed by atoms with Crippen molar-refractivity contribution in [3.8, 4) is 17.4 Å². The molecule has 2 heterocycles. The van der Waals surface area contributed by atoms with Crippen LogP contribution in [0.5, 0.6) is 17.4 Å². The summed E-state index contributed by atoms with van der Waals surface area (Å²) in [5.74, 6) is -1.99. The number of alkyl halides is 3. The zero-order valence-electron chi connectivity index (χ0n) is 15.8.